The van der Waals surface area contributed by atoms with Gasteiger partial charge in [-0.05, 0) is 30.7 Å². The van der Waals surface area contributed by atoms with Crippen molar-refractivity contribution in [3.63, 3.8) is 0 Å². The highest BCUT2D eigenvalue weighted by molar-refractivity contribution is 5.89. The average molecular weight is 303 g/mol. The highest BCUT2D eigenvalue weighted by Gasteiger charge is 2.25. The molecule has 1 aromatic carbocycles. The summed E-state index contributed by atoms with van der Waals surface area (Å²) in [6.07, 6.45) is 1.28. The van der Waals surface area contributed by atoms with Gasteiger partial charge in [-0.15, -0.1) is 0 Å². The molecule has 0 bridgehead atoms. The fourth-order valence-electron chi connectivity index (χ4n) is 3.41. The van der Waals surface area contributed by atoms with E-state index in [0.29, 0.717) is 5.56 Å². The lowest BCUT2D eigenvalue weighted by Crippen LogP contribution is -2.50. The molecule has 0 aromatic heterocycles. The minimum absolute atomic E-state index is 0.264. The molecule has 3 rings (SSSR count). The fourth-order valence-corrected chi connectivity index (χ4v) is 3.41. The van der Waals surface area contributed by atoms with Crippen LogP contribution in [-0.4, -0.2) is 68.2 Å². The lowest BCUT2D eigenvalue weighted by molar-refractivity contribution is 0.0600. The molecule has 0 amide bonds. The monoisotopic (exact) mass is 303 g/mol. The summed E-state index contributed by atoms with van der Waals surface area (Å²) >= 11 is 0. The number of carbonyl (C=O) groups is 1. The average Bonchev–Trinajstić information content (AvgIpc) is 3.09. The SMILES string of the molecule is COC(=O)c1cccc(CN2CCN(C3CCNC3)CC2)c1. The van der Waals surface area contributed by atoms with Gasteiger partial charge in [0.15, 0.2) is 0 Å². The van der Waals surface area contributed by atoms with Gasteiger partial charge in [0.05, 0.1) is 12.7 Å². The Morgan fingerprint density at radius 1 is 1.32 bits per heavy atom. The first-order valence-corrected chi connectivity index (χ1v) is 8.10. The number of ether oxygens (including phenoxy) is 1. The number of rotatable bonds is 4. The second-order valence-corrected chi connectivity index (χ2v) is 6.15. The van der Waals surface area contributed by atoms with Crippen LogP contribution in [0.25, 0.3) is 0 Å². The number of piperazine rings is 1. The van der Waals surface area contributed by atoms with Crippen molar-refractivity contribution in [3.8, 4) is 0 Å². The predicted molar refractivity (Wildman–Crippen MR) is 85.9 cm³/mol. The van der Waals surface area contributed by atoms with Crippen molar-refractivity contribution in [3.05, 3.63) is 35.4 Å². The van der Waals surface area contributed by atoms with Crippen LogP contribution in [0.1, 0.15) is 22.3 Å². The minimum atomic E-state index is -0.264. The molecule has 2 heterocycles. The summed E-state index contributed by atoms with van der Waals surface area (Å²) in [6.45, 7) is 7.68. The van der Waals surface area contributed by atoms with Crippen LogP contribution in [0.5, 0.6) is 0 Å². The maximum Gasteiger partial charge on any atom is 0.337 e. The van der Waals surface area contributed by atoms with Gasteiger partial charge in [-0.25, -0.2) is 4.79 Å². The van der Waals surface area contributed by atoms with Crippen molar-refractivity contribution in [1.82, 2.24) is 15.1 Å². The molecule has 22 heavy (non-hydrogen) atoms. The smallest absolute Gasteiger partial charge is 0.337 e. The second kappa shape index (κ2) is 7.22. The van der Waals surface area contributed by atoms with Gasteiger partial charge in [0, 0.05) is 45.3 Å². The van der Waals surface area contributed by atoms with Crippen molar-refractivity contribution in [2.24, 2.45) is 0 Å². The third-order valence-electron chi connectivity index (χ3n) is 4.71. The summed E-state index contributed by atoms with van der Waals surface area (Å²) in [7, 11) is 1.42. The molecule has 2 aliphatic rings. The van der Waals surface area contributed by atoms with Crippen LogP contribution in [0, 0.1) is 0 Å². The molecule has 1 unspecified atom stereocenters. The maximum absolute atomic E-state index is 11.6. The van der Waals surface area contributed by atoms with Gasteiger partial charge in [0.2, 0.25) is 0 Å². The molecule has 0 spiro atoms. The summed E-state index contributed by atoms with van der Waals surface area (Å²) < 4.78 is 4.79. The fraction of sp³-hybridized carbons (Fsp3) is 0.588. The van der Waals surface area contributed by atoms with Gasteiger partial charge in [-0.3, -0.25) is 9.80 Å². The highest BCUT2D eigenvalue weighted by Crippen LogP contribution is 2.15. The van der Waals surface area contributed by atoms with E-state index in [-0.39, 0.29) is 5.97 Å². The van der Waals surface area contributed by atoms with E-state index in [0.717, 1.165) is 51.9 Å². The Morgan fingerprint density at radius 2 is 2.14 bits per heavy atom. The molecular formula is C17H25N3O2. The zero-order chi connectivity index (χ0) is 15.4. The predicted octanol–water partition coefficient (Wildman–Crippen LogP) is 0.953. The summed E-state index contributed by atoms with van der Waals surface area (Å²) in [5.41, 5.74) is 1.81. The zero-order valence-electron chi connectivity index (χ0n) is 13.3. The first-order valence-electron chi connectivity index (χ1n) is 8.10. The van der Waals surface area contributed by atoms with Crippen LogP contribution >= 0.6 is 0 Å². The van der Waals surface area contributed by atoms with E-state index >= 15 is 0 Å². The topological polar surface area (TPSA) is 44.8 Å². The van der Waals surface area contributed by atoms with Crippen molar-refractivity contribution >= 4 is 5.97 Å². The molecule has 2 saturated heterocycles. The Kier molecular flexibility index (Phi) is 5.08. The molecule has 0 radical (unpaired) electrons. The van der Waals surface area contributed by atoms with Crippen molar-refractivity contribution in [2.75, 3.05) is 46.4 Å². The number of hydrogen-bond acceptors (Lipinski definition) is 5. The molecular weight excluding hydrogens is 278 g/mol. The molecule has 5 nitrogen and oxygen atoms in total. The van der Waals surface area contributed by atoms with Crippen molar-refractivity contribution in [2.45, 2.75) is 19.0 Å². The van der Waals surface area contributed by atoms with E-state index in [4.69, 9.17) is 4.74 Å². The number of benzene rings is 1. The van der Waals surface area contributed by atoms with Crippen molar-refractivity contribution in [1.29, 1.82) is 0 Å². The van der Waals surface area contributed by atoms with E-state index in [1.165, 1.54) is 19.1 Å². The Labute approximate surface area is 132 Å². The van der Waals surface area contributed by atoms with Crippen LogP contribution in [-0.2, 0) is 11.3 Å². The second-order valence-electron chi connectivity index (χ2n) is 6.15. The Hall–Kier alpha value is -1.43. The lowest BCUT2D eigenvalue weighted by Gasteiger charge is -2.37. The van der Waals surface area contributed by atoms with Gasteiger partial charge in [0.1, 0.15) is 0 Å². The van der Waals surface area contributed by atoms with E-state index in [1.807, 2.05) is 12.1 Å². The maximum atomic E-state index is 11.6. The molecule has 120 valence electrons. The van der Waals surface area contributed by atoms with E-state index < -0.39 is 0 Å². The standard InChI is InChI=1S/C17H25N3O2/c1-22-17(21)15-4-2-3-14(11-15)13-19-7-9-20(10-8-19)16-5-6-18-12-16/h2-4,11,16,18H,5-10,12-13H2,1H3. The number of nitrogens with zero attached hydrogens (tertiary/aromatic N) is 2. The molecule has 2 fully saturated rings. The van der Waals surface area contributed by atoms with E-state index in [1.54, 1.807) is 6.07 Å². The van der Waals surface area contributed by atoms with Crippen LogP contribution in [0.15, 0.2) is 24.3 Å². The number of hydrogen-bond donors (Lipinski definition) is 1. The number of esters is 1. The van der Waals surface area contributed by atoms with Crippen LogP contribution in [0.4, 0.5) is 0 Å². The van der Waals surface area contributed by atoms with Crippen LogP contribution in [0.3, 0.4) is 0 Å². The molecule has 0 saturated carbocycles. The van der Waals surface area contributed by atoms with Gasteiger partial charge >= 0.3 is 5.97 Å². The quantitative estimate of drug-likeness (QED) is 0.839. The van der Waals surface area contributed by atoms with Gasteiger partial charge in [0.25, 0.3) is 0 Å². The summed E-state index contributed by atoms with van der Waals surface area (Å²) in [6, 6.07) is 8.49. The first-order chi connectivity index (χ1) is 10.8. The molecule has 0 aliphatic carbocycles. The first kappa shape index (κ1) is 15.5. The van der Waals surface area contributed by atoms with Crippen LogP contribution < -0.4 is 5.32 Å². The summed E-state index contributed by atoms with van der Waals surface area (Å²) in [5.74, 6) is -0.264. The Bertz CT molecular complexity index is 506. The molecule has 1 atom stereocenters. The van der Waals surface area contributed by atoms with Gasteiger partial charge < -0.3 is 10.1 Å². The minimum Gasteiger partial charge on any atom is -0.465 e. The normalized spacial score (nSPS) is 23.6. The molecule has 5 heteroatoms. The largest absolute Gasteiger partial charge is 0.465 e. The number of methoxy groups -OCH3 is 1. The number of carbonyl (C=O) groups excluding carboxylic acids is 1. The van der Waals surface area contributed by atoms with Crippen molar-refractivity contribution < 1.29 is 9.53 Å². The summed E-state index contributed by atoms with van der Waals surface area (Å²) in [4.78, 5) is 16.7. The number of nitrogens with one attached hydrogen (secondary N) is 1. The third kappa shape index (κ3) is 3.66. The van der Waals surface area contributed by atoms with E-state index in [9.17, 15) is 4.79 Å². The Balaban J connectivity index is 1.53. The third-order valence-corrected chi connectivity index (χ3v) is 4.71. The van der Waals surface area contributed by atoms with Gasteiger partial charge in [-0.1, -0.05) is 12.1 Å². The summed E-state index contributed by atoms with van der Waals surface area (Å²) in [5, 5.41) is 3.44. The lowest BCUT2D eigenvalue weighted by atomic mass is 10.1. The highest BCUT2D eigenvalue weighted by atomic mass is 16.5. The Morgan fingerprint density at radius 3 is 2.82 bits per heavy atom. The molecule has 1 aromatic rings. The molecule has 1 N–H and O–H groups in total. The zero-order valence-corrected chi connectivity index (χ0v) is 13.3. The van der Waals surface area contributed by atoms with Crippen LogP contribution in [0.2, 0.25) is 0 Å². The molecule has 2 aliphatic heterocycles. The van der Waals surface area contributed by atoms with E-state index in [2.05, 4.69) is 21.2 Å². The van der Waals surface area contributed by atoms with Gasteiger partial charge in [-0.2, -0.15) is 0 Å².